The topological polar surface area (TPSA) is 89.8 Å². The number of hydrogen-bond acceptors (Lipinski definition) is 4. The maximum Gasteiger partial charge on any atom is 0.249 e. The average Bonchev–Trinajstić information content (AvgIpc) is 2.88. The first-order chi connectivity index (χ1) is 17.6. The summed E-state index contributed by atoms with van der Waals surface area (Å²) in [6, 6.07) is -0.814. The summed E-state index contributed by atoms with van der Waals surface area (Å²) in [6.07, 6.45) is 30.3. The number of aliphatic hydroxyl groups is 3. The Morgan fingerprint density at radius 2 is 1.19 bits per heavy atom. The van der Waals surface area contributed by atoms with Crippen molar-refractivity contribution in [3.8, 4) is 0 Å². The van der Waals surface area contributed by atoms with Gasteiger partial charge in [-0.3, -0.25) is 4.79 Å². The van der Waals surface area contributed by atoms with Gasteiger partial charge in [0.25, 0.3) is 0 Å². The Hall–Kier alpha value is -1.43. The fraction of sp³-hybridized carbons (Fsp3) is 0.774. The van der Waals surface area contributed by atoms with Gasteiger partial charge in [-0.25, -0.2) is 0 Å². The molecule has 0 saturated carbocycles. The van der Waals surface area contributed by atoms with Crippen LogP contribution in [-0.2, 0) is 4.79 Å². The third-order valence-electron chi connectivity index (χ3n) is 6.56. The van der Waals surface area contributed by atoms with Gasteiger partial charge in [-0.1, -0.05) is 127 Å². The highest BCUT2D eigenvalue weighted by Gasteiger charge is 2.22. The number of unbranched alkanes of at least 4 members (excludes halogenated alkanes) is 14. The van der Waals surface area contributed by atoms with Crippen molar-refractivity contribution in [3.63, 3.8) is 0 Å². The van der Waals surface area contributed by atoms with Gasteiger partial charge in [-0.2, -0.15) is 0 Å². The molecular weight excluding hydrogens is 450 g/mol. The minimum atomic E-state index is -1.10. The lowest BCUT2D eigenvalue weighted by molar-refractivity contribution is -0.131. The molecule has 0 radical (unpaired) electrons. The van der Waals surface area contributed by atoms with E-state index >= 15 is 0 Å². The van der Waals surface area contributed by atoms with Crippen molar-refractivity contribution in [1.29, 1.82) is 0 Å². The zero-order valence-corrected chi connectivity index (χ0v) is 23.4. The zero-order chi connectivity index (χ0) is 26.7. The molecule has 3 unspecified atom stereocenters. The van der Waals surface area contributed by atoms with Crippen LogP contribution in [0, 0.1) is 0 Å². The second-order valence-corrected chi connectivity index (χ2v) is 9.96. The lowest BCUT2D eigenvalue weighted by Crippen LogP contribution is -2.48. The number of carbonyl (C=O) groups is 1. The highest BCUT2D eigenvalue weighted by molar-refractivity contribution is 5.80. The maximum atomic E-state index is 12.3. The number of allylic oxidation sites excluding steroid dienone is 5. The van der Waals surface area contributed by atoms with E-state index in [1.165, 1.54) is 64.2 Å². The zero-order valence-electron chi connectivity index (χ0n) is 23.4. The lowest BCUT2D eigenvalue weighted by Gasteiger charge is -2.21. The van der Waals surface area contributed by atoms with Crippen LogP contribution in [-0.4, -0.2) is 46.1 Å². The van der Waals surface area contributed by atoms with E-state index in [1.807, 2.05) is 19.1 Å². The van der Waals surface area contributed by atoms with E-state index < -0.39 is 24.2 Å². The molecule has 5 heteroatoms. The fourth-order valence-electron chi connectivity index (χ4n) is 4.16. The van der Waals surface area contributed by atoms with Crippen molar-refractivity contribution in [1.82, 2.24) is 5.32 Å². The molecule has 0 aliphatic rings. The van der Waals surface area contributed by atoms with E-state index in [0.717, 1.165) is 44.9 Å². The largest absolute Gasteiger partial charge is 0.394 e. The summed E-state index contributed by atoms with van der Waals surface area (Å²) in [5.41, 5.74) is 0. The van der Waals surface area contributed by atoms with Gasteiger partial charge in [0.05, 0.1) is 18.8 Å². The molecular formula is C31H57NO4. The smallest absolute Gasteiger partial charge is 0.249 e. The molecule has 4 N–H and O–H groups in total. The third-order valence-corrected chi connectivity index (χ3v) is 6.56. The van der Waals surface area contributed by atoms with Gasteiger partial charge in [0.15, 0.2) is 0 Å². The van der Waals surface area contributed by atoms with E-state index in [1.54, 1.807) is 6.08 Å². The summed E-state index contributed by atoms with van der Waals surface area (Å²) >= 11 is 0. The number of rotatable bonds is 25. The van der Waals surface area contributed by atoms with Gasteiger partial charge >= 0.3 is 0 Å². The summed E-state index contributed by atoms with van der Waals surface area (Å²) < 4.78 is 0. The van der Waals surface area contributed by atoms with Crippen LogP contribution >= 0.6 is 0 Å². The number of hydrogen-bond donors (Lipinski definition) is 4. The van der Waals surface area contributed by atoms with Crippen molar-refractivity contribution < 1.29 is 20.1 Å². The summed E-state index contributed by atoms with van der Waals surface area (Å²) in [4.78, 5) is 12.3. The predicted octanol–water partition coefficient (Wildman–Crippen LogP) is 6.92. The minimum absolute atomic E-state index is 0.381. The molecule has 0 rings (SSSR count). The lowest BCUT2D eigenvalue weighted by atomic mass is 10.0. The first kappa shape index (κ1) is 34.6. The number of aliphatic hydroxyl groups excluding tert-OH is 3. The summed E-state index contributed by atoms with van der Waals surface area (Å²) in [7, 11) is 0. The van der Waals surface area contributed by atoms with Gasteiger partial charge in [0.2, 0.25) is 5.91 Å². The number of nitrogens with one attached hydrogen (secondary N) is 1. The van der Waals surface area contributed by atoms with Crippen LogP contribution in [0.3, 0.4) is 0 Å². The standard InChI is InChI=1S/C31H57NO4/c1-3-5-7-9-11-13-14-15-16-18-20-22-24-26-30(35)31(36)32-28(27-33)29(34)25-23-21-19-17-12-10-8-6-4-2/h4,6,12,17,23,25,28-30,33-35H,3,5,7-11,13-16,18-22,24,26-27H2,1-2H3,(H,32,36)/b6-4+,17-12+,25-23+. The molecule has 3 atom stereocenters. The average molecular weight is 508 g/mol. The van der Waals surface area contributed by atoms with Crippen LogP contribution in [0.25, 0.3) is 0 Å². The van der Waals surface area contributed by atoms with Gasteiger partial charge in [0.1, 0.15) is 6.10 Å². The first-order valence-corrected chi connectivity index (χ1v) is 14.8. The Morgan fingerprint density at radius 1 is 0.722 bits per heavy atom. The number of amides is 1. The van der Waals surface area contributed by atoms with Crippen LogP contribution in [0.15, 0.2) is 36.5 Å². The Morgan fingerprint density at radius 3 is 1.69 bits per heavy atom. The van der Waals surface area contributed by atoms with Crippen molar-refractivity contribution in [2.75, 3.05) is 6.61 Å². The Bertz CT molecular complexity index is 573. The quantitative estimate of drug-likeness (QED) is 0.0798. The van der Waals surface area contributed by atoms with E-state index in [0.29, 0.717) is 6.42 Å². The molecule has 36 heavy (non-hydrogen) atoms. The molecule has 0 spiro atoms. The Kier molecular flexibility index (Phi) is 25.6. The van der Waals surface area contributed by atoms with Crippen LogP contribution in [0.2, 0.25) is 0 Å². The normalized spacial score (nSPS) is 14.7. The fourth-order valence-corrected chi connectivity index (χ4v) is 4.16. The van der Waals surface area contributed by atoms with Crippen LogP contribution < -0.4 is 5.32 Å². The summed E-state index contributed by atoms with van der Waals surface area (Å²) in [6.45, 7) is 3.89. The van der Waals surface area contributed by atoms with E-state index in [-0.39, 0.29) is 6.61 Å². The second kappa shape index (κ2) is 26.6. The van der Waals surface area contributed by atoms with Crippen molar-refractivity contribution >= 4 is 5.91 Å². The van der Waals surface area contributed by atoms with Gasteiger partial charge in [-0.15, -0.1) is 0 Å². The Labute approximate surface area is 222 Å². The predicted molar refractivity (Wildman–Crippen MR) is 153 cm³/mol. The van der Waals surface area contributed by atoms with Gasteiger partial charge < -0.3 is 20.6 Å². The first-order valence-electron chi connectivity index (χ1n) is 14.8. The molecule has 0 fully saturated rings. The van der Waals surface area contributed by atoms with Crippen LogP contribution in [0.5, 0.6) is 0 Å². The highest BCUT2D eigenvalue weighted by Crippen LogP contribution is 2.13. The molecule has 0 aliphatic heterocycles. The summed E-state index contributed by atoms with van der Waals surface area (Å²) in [5, 5.41) is 32.6. The van der Waals surface area contributed by atoms with Gasteiger partial charge in [-0.05, 0) is 39.0 Å². The molecule has 0 aromatic carbocycles. The van der Waals surface area contributed by atoms with Crippen LogP contribution in [0.1, 0.15) is 129 Å². The van der Waals surface area contributed by atoms with E-state index in [4.69, 9.17) is 0 Å². The van der Waals surface area contributed by atoms with E-state index in [2.05, 4.69) is 30.5 Å². The van der Waals surface area contributed by atoms with Crippen molar-refractivity contribution in [3.05, 3.63) is 36.5 Å². The minimum Gasteiger partial charge on any atom is -0.394 e. The summed E-state index contributed by atoms with van der Waals surface area (Å²) in [5.74, 6) is -0.524. The molecule has 1 amide bonds. The molecule has 0 aromatic heterocycles. The van der Waals surface area contributed by atoms with E-state index in [9.17, 15) is 20.1 Å². The Balaban J connectivity index is 3.86. The number of carbonyl (C=O) groups excluding carboxylic acids is 1. The molecule has 210 valence electrons. The van der Waals surface area contributed by atoms with Crippen molar-refractivity contribution in [2.24, 2.45) is 0 Å². The molecule has 0 heterocycles. The van der Waals surface area contributed by atoms with Gasteiger partial charge in [0, 0.05) is 0 Å². The van der Waals surface area contributed by atoms with Crippen LogP contribution in [0.4, 0.5) is 0 Å². The maximum absolute atomic E-state index is 12.3. The van der Waals surface area contributed by atoms with Crippen molar-refractivity contribution in [2.45, 2.75) is 148 Å². The molecule has 0 aliphatic carbocycles. The second-order valence-electron chi connectivity index (χ2n) is 9.96. The molecule has 0 aromatic rings. The monoisotopic (exact) mass is 507 g/mol. The third kappa shape index (κ3) is 21.8. The SMILES string of the molecule is C/C=C/CC/C=C/CC/C=C/C(O)C(CO)NC(=O)C(O)CCCCCCCCCCCCCCC. The molecule has 0 bridgehead atoms. The molecule has 5 nitrogen and oxygen atoms in total. The highest BCUT2D eigenvalue weighted by atomic mass is 16.3. The molecule has 0 saturated heterocycles.